The third-order valence-corrected chi connectivity index (χ3v) is 2.99. The summed E-state index contributed by atoms with van der Waals surface area (Å²) in [6.45, 7) is 1.88. The Labute approximate surface area is 86.2 Å². The first kappa shape index (κ1) is 10.1. The summed E-state index contributed by atoms with van der Waals surface area (Å²) in [7, 11) is 0. The standard InChI is InChI=1S/C8H6Br2F2/c1-2-4-3-5(9)7(11)8(12)6(4)10/h3H,2H2,1H3. The van der Waals surface area contributed by atoms with Gasteiger partial charge in [-0.15, -0.1) is 0 Å². The minimum absolute atomic E-state index is 0.167. The smallest absolute Gasteiger partial charge is 0.174 e. The van der Waals surface area contributed by atoms with Crippen molar-refractivity contribution in [3.63, 3.8) is 0 Å². The molecule has 0 aliphatic carbocycles. The molecule has 66 valence electrons. The van der Waals surface area contributed by atoms with Gasteiger partial charge in [-0.05, 0) is 49.9 Å². The summed E-state index contributed by atoms with van der Waals surface area (Å²) in [4.78, 5) is 0. The lowest BCUT2D eigenvalue weighted by Gasteiger charge is -2.04. The van der Waals surface area contributed by atoms with Gasteiger partial charge in [-0.2, -0.15) is 0 Å². The van der Waals surface area contributed by atoms with Crippen LogP contribution in [0.4, 0.5) is 8.78 Å². The topological polar surface area (TPSA) is 0 Å². The van der Waals surface area contributed by atoms with Gasteiger partial charge in [0.05, 0.1) is 8.95 Å². The molecule has 0 aliphatic rings. The molecule has 0 spiro atoms. The van der Waals surface area contributed by atoms with Gasteiger partial charge in [0.25, 0.3) is 0 Å². The molecule has 1 aromatic carbocycles. The monoisotopic (exact) mass is 298 g/mol. The normalized spacial score (nSPS) is 10.4. The van der Waals surface area contributed by atoms with Crippen molar-refractivity contribution in [2.24, 2.45) is 0 Å². The van der Waals surface area contributed by atoms with Crippen molar-refractivity contribution in [1.29, 1.82) is 0 Å². The molecule has 0 saturated heterocycles. The van der Waals surface area contributed by atoms with Crippen molar-refractivity contribution in [1.82, 2.24) is 0 Å². The number of benzene rings is 1. The van der Waals surface area contributed by atoms with Crippen molar-refractivity contribution in [3.8, 4) is 0 Å². The highest BCUT2D eigenvalue weighted by Crippen LogP contribution is 2.28. The molecule has 0 aliphatic heterocycles. The lowest BCUT2D eigenvalue weighted by Crippen LogP contribution is -1.93. The molecule has 4 heteroatoms. The summed E-state index contributed by atoms with van der Waals surface area (Å²) >= 11 is 5.93. The van der Waals surface area contributed by atoms with Crippen molar-refractivity contribution < 1.29 is 8.78 Å². The fraction of sp³-hybridized carbons (Fsp3) is 0.250. The maximum absolute atomic E-state index is 13.0. The molecule has 0 nitrogen and oxygen atoms in total. The second-order valence-electron chi connectivity index (χ2n) is 2.31. The Morgan fingerprint density at radius 2 is 1.83 bits per heavy atom. The molecule has 0 unspecified atom stereocenters. The van der Waals surface area contributed by atoms with E-state index in [0.717, 1.165) is 5.56 Å². The van der Waals surface area contributed by atoms with Crippen LogP contribution >= 0.6 is 31.9 Å². The van der Waals surface area contributed by atoms with Gasteiger partial charge in [0.2, 0.25) is 0 Å². The third-order valence-electron chi connectivity index (χ3n) is 1.56. The van der Waals surface area contributed by atoms with E-state index >= 15 is 0 Å². The minimum atomic E-state index is -0.848. The van der Waals surface area contributed by atoms with Crippen LogP contribution in [0.3, 0.4) is 0 Å². The number of aryl methyl sites for hydroxylation is 1. The molecule has 0 aromatic heterocycles. The number of rotatable bonds is 1. The Hall–Kier alpha value is 0.0400. The first-order chi connectivity index (χ1) is 5.57. The largest absolute Gasteiger partial charge is 0.202 e. The number of hydrogen-bond donors (Lipinski definition) is 0. The van der Waals surface area contributed by atoms with Crippen LogP contribution < -0.4 is 0 Å². The first-order valence-corrected chi connectivity index (χ1v) is 4.98. The minimum Gasteiger partial charge on any atom is -0.202 e. The highest BCUT2D eigenvalue weighted by atomic mass is 79.9. The Balaban J connectivity index is 3.39. The molecule has 0 amide bonds. The summed E-state index contributed by atoms with van der Waals surface area (Å²) in [6, 6.07) is 1.57. The van der Waals surface area contributed by atoms with Crippen LogP contribution in [0.5, 0.6) is 0 Å². The SMILES string of the molecule is CCc1cc(Br)c(F)c(F)c1Br. The fourth-order valence-corrected chi connectivity index (χ4v) is 1.90. The zero-order valence-electron chi connectivity index (χ0n) is 6.30. The van der Waals surface area contributed by atoms with Crippen molar-refractivity contribution >= 4 is 31.9 Å². The van der Waals surface area contributed by atoms with Gasteiger partial charge < -0.3 is 0 Å². The van der Waals surface area contributed by atoms with Crippen LogP contribution in [-0.4, -0.2) is 0 Å². The molecule has 0 bridgehead atoms. The van der Waals surface area contributed by atoms with Gasteiger partial charge in [-0.1, -0.05) is 6.92 Å². The zero-order chi connectivity index (χ0) is 9.30. The van der Waals surface area contributed by atoms with E-state index in [0.29, 0.717) is 6.42 Å². The predicted molar refractivity (Wildman–Crippen MR) is 51.1 cm³/mol. The molecule has 0 fully saturated rings. The summed E-state index contributed by atoms with van der Waals surface area (Å²) in [5.41, 5.74) is 0.751. The van der Waals surface area contributed by atoms with Crippen LogP contribution in [0.1, 0.15) is 12.5 Å². The van der Waals surface area contributed by atoms with E-state index in [2.05, 4.69) is 31.9 Å². The van der Waals surface area contributed by atoms with Gasteiger partial charge in [0, 0.05) is 0 Å². The van der Waals surface area contributed by atoms with Gasteiger partial charge in [-0.25, -0.2) is 8.78 Å². The van der Waals surface area contributed by atoms with Crippen molar-refractivity contribution in [2.75, 3.05) is 0 Å². The Bertz CT molecular complexity index is 310. The molecule has 0 N–H and O–H groups in total. The summed E-state index contributed by atoms with van der Waals surface area (Å²) in [5.74, 6) is -1.68. The molecular weight excluding hydrogens is 294 g/mol. The van der Waals surface area contributed by atoms with Gasteiger partial charge in [0.1, 0.15) is 0 Å². The lowest BCUT2D eigenvalue weighted by atomic mass is 10.2. The maximum Gasteiger partial charge on any atom is 0.174 e. The number of hydrogen-bond acceptors (Lipinski definition) is 0. The summed E-state index contributed by atoms with van der Waals surface area (Å²) in [6.07, 6.45) is 0.663. The molecule has 0 atom stereocenters. The quantitative estimate of drug-likeness (QED) is 0.542. The molecule has 0 heterocycles. The van der Waals surface area contributed by atoms with E-state index in [-0.39, 0.29) is 8.95 Å². The average molecular weight is 300 g/mol. The average Bonchev–Trinajstić information content (AvgIpc) is 2.08. The molecule has 1 aromatic rings. The van der Waals surface area contributed by atoms with Gasteiger partial charge >= 0.3 is 0 Å². The lowest BCUT2D eigenvalue weighted by molar-refractivity contribution is 0.498. The maximum atomic E-state index is 13.0. The van der Waals surface area contributed by atoms with E-state index in [1.807, 2.05) is 6.92 Å². The molecule has 12 heavy (non-hydrogen) atoms. The van der Waals surface area contributed by atoms with Crippen LogP contribution in [0, 0.1) is 11.6 Å². The fourth-order valence-electron chi connectivity index (χ4n) is 0.879. The Morgan fingerprint density at radius 1 is 1.25 bits per heavy atom. The van der Waals surface area contributed by atoms with Gasteiger partial charge in [0.15, 0.2) is 11.6 Å². The van der Waals surface area contributed by atoms with E-state index in [4.69, 9.17) is 0 Å². The summed E-state index contributed by atoms with van der Waals surface area (Å²) < 4.78 is 26.2. The molecule has 0 radical (unpaired) electrons. The van der Waals surface area contributed by atoms with Gasteiger partial charge in [-0.3, -0.25) is 0 Å². The van der Waals surface area contributed by atoms with E-state index in [9.17, 15) is 8.78 Å². The molecule has 0 saturated carbocycles. The Kier molecular flexibility index (Phi) is 3.23. The van der Waals surface area contributed by atoms with E-state index in [1.165, 1.54) is 0 Å². The van der Waals surface area contributed by atoms with Crippen molar-refractivity contribution in [3.05, 3.63) is 32.2 Å². The Morgan fingerprint density at radius 3 is 2.33 bits per heavy atom. The third kappa shape index (κ3) is 1.69. The van der Waals surface area contributed by atoms with Crippen LogP contribution in [0.15, 0.2) is 15.0 Å². The number of halogens is 4. The molecule has 1 rings (SSSR count). The zero-order valence-corrected chi connectivity index (χ0v) is 9.47. The second-order valence-corrected chi connectivity index (χ2v) is 3.96. The van der Waals surface area contributed by atoms with Crippen molar-refractivity contribution in [2.45, 2.75) is 13.3 Å². The van der Waals surface area contributed by atoms with Crippen LogP contribution in [-0.2, 0) is 6.42 Å². The first-order valence-electron chi connectivity index (χ1n) is 3.39. The second kappa shape index (κ2) is 3.83. The predicted octanol–water partition coefficient (Wildman–Crippen LogP) is 4.05. The highest BCUT2D eigenvalue weighted by Gasteiger charge is 2.13. The molecular formula is C8H6Br2F2. The van der Waals surface area contributed by atoms with Crippen LogP contribution in [0.2, 0.25) is 0 Å². The van der Waals surface area contributed by atoms with Crippen LogP contribution in [0.25, 0.3) is 0 Å². The van der Waals surface area contributed by atoms with E-state index in [1.54, 1.807) is 6.07 Å². The highest BCUT2D eigenvalue weighted by molar-refractivity contribution is 9.11. The van der Waals surface area contributed by atoms with E-state index < -0.39 is 11.6 Å². The summed E-state index contributed by atoms with van der Waals surface area (Å²) in [5, 5.41) is 0.